The second-order valence-electron chi connectivity index (χ2n) is 4.42. The van der Waals surface area contributed by atoms with Crippen LogP contribution < -0.4 is 0 Å². The first-order valence-electron chi connectivity index (χ1n) is 6.27. The van der Waals surface area contributed by atoms with Crippen LogP contribution in [-0.4, -0.2) is 11.9 Å². The van der Waals surface area contributed by atoms with Crippen LogP contribution in [0.4, 0.5) is 0 Å². The molecule has 1 aromatic rings. The maximum Gasteiger partial charge on any atom is 0.334 e. The summed E-state index contributed by atoms with van der Waals surface area (Å²) in [7, 11) is 0. The van der Waals surface area contributed by atoms with Gasteiger partial charge in [-0.05, 0) is 6.42 Å². The molecule has 2 rings (SSSR count). The topological polar surface area (TPSA) is 52.6 Å². The molecule has 1 aromatic carbocycles. The van der Waals surface area contributed by atoms with Gasteiger partial charge in [0.2, 0.25) is 0 Å². The zero-order valence-electron chi connectivity index (χ0n) is 11.0. The van der Waals surface area contributed by atoms with Crippen molar-refractivity contribution < 1.29 is 19.1 Å². The van der Waals surface area contributed by atoms with Crippen molar-refractivity contribution in [2.45, 2.75) is 32.5 Å². The normalized spacial score (nSPS) is 21.8. The van der Waals surface area contributed by atoms with E-state index in [1.807, 2.05) is 25.1 Å². The summed E-state index contributed by atoms with van der Waals surface area (Å²) < 4.78 is 10.7. The molecular formula is C15H16O4. The van der Waals surface area contributed by atoms with Gasteiger partial charge in [0.15, 0.2) is 0 Å². The summed E-state index contributed by atoms with van der Waals surface area (Å²) in [5, 5.41) is 0. The molecule has 19 heavy (non-hydrogen) atoms. The van der Waals surface area contributed by atoms with Crippen LogP contribution in [0.1, 0.15) is 32.3 Å². The molecule has 1 unspecified atom stereocenters. The number of hydrogen-bond donors (Lipinski definition) is 0. The van der Waals surface area contributed by atoms with E-state index in [-0.39, 0.29) is 0 Å². The lowest BCUT2D eigenvalue weighted by Gasteiger charge is -2.30. The third kappa shape index (κ3) is 2.52. The highest BCUT2D eigenvalue weighted by Gasteiger charge is 2.47. The van der Waals surface area contributed by atoms with Crippen LogP contribution >= 0.6 is 0 Å². The van der Waals surface area contributed by atoms with Crippen molar-refractivity contribution in [1.29, 1.82) is 0 Å². The Kier molecular flexibility index (Phi) is 3.69. The van der Waals surface area contributed by atoms with E-state index in [1.165, 1.54) is 13.0 Å². The van der Waals surface area contributed by atoms with Crippen LogP contribution in [-0.2, 0) is 24.8 Å². The second kappa shape index (κ2) is 5.26. The van der Waals surface area contributed by atoms with Crippen LogP contribution in [0, 0.1) is 0 Å². The molecule has 0 fully saturated rings. The first kappa shape index (κ1) is 13.3. The predicted molar refractivity (Wildman–Crippen MR) is 69.0 cm³/mol. The molecule has 0 aliphatic carbocycles. The molecule has 1 atom stereocenters. The van der Waals surface area contributed by atoms with Crippen molar-refractivity contribution in [3.63, 3.8) is 0 Å². The average Bonchev–Trinajstić information content (AvgIpc) is 2.67. The number of carbonyl (C=O) groups excluding carboxylic acids is 2. The Balaban J connectivity index is 2.49. The highest BCUT2D eigenvalue weighted by Crippen LogP contribution is 2.41. The van der Waals surface area contributed by atoms with Crippen LogP contribution in [0.25, 0.3) is 0 Å². The molecule has 4 heteroatoms. The number of rotatable bonds is 4. The van der Waals surface area contributed by atoms with Crippen LogP contribution in [0.3, 0.4) is 0 Å². The molecule has 0 aromatic heterocycles. The minimum Gasteiger partial charge on any atom is -0.414 e. The summed E-state index contributed by atoms with van der Waals surface area (Å²) in [5.74, 6) is -2.35. The minimum absolute atomic E-state index is 0.478. The molecule has 0 radical (unpaired) electrons. The Morgan fingerprint density at radius 3 is 2.58 bits per heavy atom. The van der Waals surface area contributed by atoms with E-state index >= 15 is 0 Å². The number of carbonyl (C=O) groups is 2. The van der Waals surface area contributed by atoms with Crippen molar-refractivity contribution in [2.24, 2.45) is 0 Å². The fraction of sp³-hybridized carbons (Fsp3) is 0.333. The maximum atomic E-state index is 11.6. The van der Waals surface area contributed by atoms with E-state index in [4.69, 9.17) is 9.47 Å². The number of cyclic esters (lactones) is 1. The smallest absolute Gasteiger partial charge is 0.334 e. The Morgan fingerprint density at radius 1 is 1.32 bits per heavy atom. The third-order valence-corrected chi connectivity index (χ3v) is 2.92. The number of hydrogen-bond acceptors (Lipinski definition) is 4. The van der Waals surface area contributed by atoms with Gasteiger partial charge in [-0.15, -0.1) is 0 Å². The van der Waals surface area contributed by atoms with Gasteiger partial charge >= 0.3 is 17.7 Å². The van der Waals surface area contributed by atoms with Gasteiger partial charge in [0.1, 0.15) is 0 Å². The largest absolute Gasteiger partial charge is 0.414 e. The van der Waals surface area contributed by atoms with E-state index in [0.717, 1.165) is 6.42 Å². The molecule has 0 bridgehead atoms. The van der Waals surface area contributed by atoms with Gasteiger partial charge in [-0.3, -0.25) is 4.79 Å². The molecule has 1 heterocycles. The number of ether oxygens (including phenoxy) is 2. The second-order valence-corrected chi connectivity index (χ2v) is 4.42. The summed E-state index contributed by atoms with van der Waals surface area (Å²) in [6.07, 6.45) is 2.88. The molecule has 0 saturated carbocycles. The summed E-state index contributed by atoms with van der Waals surface area (Å²) in [6.45, 7) is 3.30. The van der Waals surface area contributed by atoms with Gasteiger partial charge in [0.25, 0.3) is 0 Å². The number of benzene rings is 1. The SMILES string of the molecule is CCCC1=CC(=O)OC1(OC(C)=O)c1ccccc1. The van der Waals surface area contributed by atoms with Crippen LogP contribution in [0.2, 0.25) is 0 Å². The predicted octanol–water partition coefficient (Wildman–Crippen LogP) is 2.69. The summed E-state index contributed by atoms with van der Waals surface area (Å²) in [5.41, 5.74) is 1.33. The Labute approximate surface area is 112 Å². The summed E-state index contributed by atoms with van der Waals surface area (Å²) in [6, 6.07) is 9.05. The van der Waals surface area contributed by atoms with Gasteiger partial charge < -0.3 is 9.47 Å². The highest BCUT2D eigenvalue weighted by atomic mass is 16.7. The first-order valence-corrected chi connectivity index (χ1v) is 6.27. The Bertz CT molecular complexity index is 518. The minimum atomic E-state index is -1.39. The zero-order chi connectivity index (χ0) is 13.9. The van der Waals surface area contributed by atoms with E-state index in [1.54, 1.807) is 12.1 Å². The third-order valence-electron chi connectivity index (χ3n) is 2.92. The molecule has 100 valence electrons. The van der Waals surface area contributed by atoms with Crippen LogP contribution in [0.5, 0.6) is 0 Å². The van der Waals surface area contributed by atoms with Crippen molar-refractivity contribution >= 4 is 11.9 Å². The lowest BCUT2D eigenvalue weighted by molar-refractivity contribution is -0.210. The van der Waals surface area contributed by atoms with Gasteiger partial charge in [-0.2, -0.15) is 0 Å². The van der Waals surface area contributed by atoms with E-state index < -0.39 is 17.7 Å². The lowest BCUT2D eigenvalue weighted by Crippen LogP contribution is -2.34. The van der Waals surface area contributed by atoms with Crippen molar-refractivity contribution in [3.8, 4) is 0 Å². The fourth-order valence-electron chi connectivity index (χ4n) is 2.23. The summed E-state index contributed by atoms with van der Waals surface area (Å²) >= 11 is 0. The monoisotopic (exact) mass is 260 g/mol. The van der Waals surface area contributed by atoms with Crippen molar-refractivity contribution in [2.75, 3.05) is 0 Å². The fourth-order valence-corrected chi connectivity index (χ4v) is 2.23. The van der Waals surface area contributed by atoms with Crippen LogP contribution in [0.15, 0.2) is 42.0 Å². The molecular weight excluding hydrogens is 244 g/mol. The Hall–Kier alpha value is -2.10. The first-order chi connectivity index (χ1) is 9.08. The van der Waals surface area contributed by atoms with Gasteiger partial charge in [0.05, 0.1) is 0 Å². The lowest BCUT2D eigenvalue weighted by atomic mass is 9.95. The maximum absolute atomic E-state index is 11.6. The quantitative estimate of drug-likeness (QED) is 0.781. The standard InChI is InChI=1S/C15H16O4/c1-3-7-13-10-14(17)19-15(13,18-11(2)16)12-8-5-4-6-9-12/h4-6,8-10H,3,7H2,1-2H3. The molecule has 4 nitrogen and oxygen atoms in total. The zero-order valence-corrected chi connectivity index (χ0v) is 11.0. The molecule has 1 aliphatic rings. The molecule has 0 N–H and O–H groups in total. The number of esters is 2. The van der Waals surface area contributed by atoms with Gasteiger partial charge in [-0.1, -0.05) is 43.7 Å². The van der Waals surface area contributed by atoms with Gasteiger partial charge in [0, 0.05) is 24.1 Å². The van der Waals surface area contributed by atoms with Gasteiger partial charge in [-0.25, -0.2) is 4.79 Å². The van der Waals surface area contributed by atoms with E-state index in [0.29, 0.717) is 17.6 Å². The molecule has 1 aliphatic heterocycles. The van der Waals surface area contributed by atoms with Crippen molar-refractivity contribution in [1.82, 2.24) is 0 Å². The van der Waals surface area contributed by atoms with E-state index in [9.17, 15) is 9.59 Å². The average molecular weight is 260 g/mol. The Morgan fingerprint density at radius 2 is 2.00 bits per heavy atom. The highest BCUT2D eigenvalue weighted by molar-refractivity contribution is 5.87. The van der Waals surface area contributed by atoms with Crippen molar-refractivity contribution in [3.05, 3.63) is 47.5 Å². The molecule has 0 spiro atoms. The molecule has 0 saturated heterocycles. The van der Waals surface area contributed by atoms with E-state index in [2.05, 4.69) is 0 Å². The molecule has 0 amide bonds. The summed E-state index contributed by atoms with van der Waals surface area (Å²) in [4.78, 5) is 23.0.